The topological polar surface area (TPSA) is 49.9 Å². The number of hydrogen-bond acceptors (Lipinski definition) is 3. The molecule has 0 saturated carbocycles. The number of alkyl halides is 3. The first-order valence-corrected chi connectivity index (χ1v) is 9.35. The van der Waals surface area contributed by atoms with Crippen molar-refractivity contribution < 1.29 is 31.9 Å². The Morgan fingerprint density at radius 2 is 1.67 bits per heavy atom. The molecule has 0 radical (unpaired) electrons. The van der Waals surface area contributed by atoms with Gasteiger partial charge < -0.3 is 14.5 Å². The summed E-state index contributed by atoms with van der Waals surface area (Å²) in [7, 11) is 0. The average molecular weight is 445 g/mol. The van der Waals surface area contributed by atoms with Gasteiger partial charge in [-0.15, -0.1) is 0 Å². The third-order valence-electron chi connectivity index (χ3n) is 4.60. The number of carbonyl (C=O) groups is 2. The van der Waals surface area contributed by atoms with Gasteiger partial charge in [0.2, 0.25) is 0 Å². The largest absolute Gasteiger partial charge is 0.484 e. The van der Waals surface area contributed by atoms with Crippen LogP contribution in [0.15, 0.2) is 42.5 Å². The highest BCUT2D eigenvalue weighted by atomic mass is 35.5. The molecule has 0 aromatic heterocycles. The van der Waals surface area contributed by atoms with Crippen molar-refractivity contribution in [1.82, 2.24) is 9.80 Å². The summed E-state index contributed by atoms with van der Waals surface area (Å²) in [6, 6.07) is 7.79. The van der Waals surface area contributed by atoms with Crippen molar-refractivity contribution in [1.29, 1.82) is 0 Å². The Kier molecular flexibility index (Phi) is 6.50. The van der Waals surface area contributed by atoms with Crippen molar-refractivity contribution >= 4 is 23.4 Å². The molecule has 1 aliphatic heterocycles. The van der Waals surface area contributed by atoms with E-state index in [0.29, 0.717) is 0 Å². The molecule has 10 heteroatoms. The highest BCUT2D eigenvalue weighted by molar-refractivity contribution is 6.33. The standard InChI is InChI=1S/C20H17ClF4N2O3/c21-17-11-14(22)4-5-16(17)19(29)27-8-6-26(7-9-27)18(28)12-30-15-3-1-2-13(10-15)20(23,24)25/h1-5,10-11H,6-9,12H2. The molecule has 30 heavy (non-hydrogen) atoms. The first-order chi connectivity index (χ1) is 14.1. The van der Waals surface area contributed by atoms with Gasteiger partial charge in [0.15, 0.2) is 6.61 Å². The van der Waals surface area contributed by atoms with Crippen LogP contribution in [0.1, 0.15) is 15.9 Å². The van der Waals surface area contributed by atoms with Gasteiger partial charge in [-0.25, -0.2) is 4.39 Å². The van der Waals surface area contributed by atoms with Gasteiger partial charge in [0, 0.05) is 26.2 Å². The third-order valence-corrected chi connectivity index (χ3v) is 4.92. The monoisotopic (exact) mass is 444 g/mol. The molecule has 0 bridgehead atoms. The number of ether oxygens (including phenoxy) is 1. The second-order valence-electron chi connectivity index (χ2n) is 6.61. The molecule has 2 amide bonds. The zero-order chi connectivity index (χ0) is 21.9. The molecule has 1 saturated heterocycles. The minimum atomic E-state index is -4.50. The summed E-state index contributed by atoms with van der Waals surface area (Å²) in [5, 5.41) is 0.00740. The van der Waals surface area contributed by atoms with Crippen LogP contribution in [0, 0.1) is 5.82 Å². The number of hydrogen-bond donors (Lipinski definition) is 0. The molecule has 2 aromatic carbocycles. The first-order valence-electron chi connectivity index (χ1n) is 8.97. The van der Waals surface area contributed by atoms with Crippen LogP contribution in [-0.4, -0.2) is 54.4 Å². The fraction of sp³-hybridized carbons (Fsp3) is 0.300. The minimum Gasteiger partial charge on any atom is -0.484 e. The van der Waals surface area contributed by atoms with Crippen molar-refractivity contribution in [3.05, 3.63) is 64.4 Å². The van der Waals surface area contributed by atoms with Crippen molar-refractivity contribution in [3.63, 3.8) is 0 Å². The molecule has 3 rings (SSSR count). The smallest absolute Gasteiger partial charge is 0.416 e. The highest BCUT2D eigenvalue weighted by Gasteiger charge is 2.31. The zero-order valence-electron chi connectivity index (χ0n) is 15.6. The van der Waals surface area contributed by atoms with Crippen molar-refractivity contribution in [3.8, 4) is 5.75 Å². The maximum Gasteiger partial charge on any atom is 0.416 e. The molecule has 0 aliphatic carbocycles. The Hall–Kier alpha value is -2.81. The molecule has 2 aromatic rings. The summed E-state index contributed by atoms with van der Waals surface area (Å²) >= 11 is 5.92. The van der Waals surface area contributed by atoms with Crippen LogP contribution in [0.4, 0.5) is 17.6 Å². The second-order valence-corrected chi connectivity index (χ2v) is 7.02. The van der Waals surface area contributed by atoms with E-state index in [9.17, 15) is 27.2 Å². The Morgan fingerprint density at radius 3 is 2.30 bits per heavy atom. The van der Waals surface area contributed by atoms with Crippen molar-refractivity contribution in [2.75, 3.05) is 32.8 Å². The summed E-state index contributed by atoms with van der Waals surface area (Å²) in [6.07, 6.45) is -4.50. The number of piperazine rings is 1. The average Bonchev–Trinajstić information content (AvgIpc) is 2.71. The van der Waals surface area contributed by atoms with Crippen molar-refractivity contribution in [2.45, 2.75) is 6.18 Å². The van der Waals surface area contributed by atoms with Gasteiger partial charge in [-0.2, -0.15) is 13.2 Å². The van der Waals surface area contributed by atoms with Gasteiger partial charge in [-0.1, -0.05) is 17.7 Å². The maximum atomic E-state index is 13.1. The Balaban J connectivity index is 1.52. The van der Waals surface area contributed by atoms with Crippen molar-refractivity contribution in [2.24, 2.45) is 0 Å². The lowest BCUT2D eigenvalue weighted by molar-refractivity contribution is -0.137. The van der Waals surface area contributed by atoms with Crippen LogP contribution in [0.25, 0.3) is 0 Å². The van der Waals surface area contributed by atoms with Gasteiger partial charge in [-0.3, -0.25) is 9.59 Å². The second kappa shape index (κ2) is 8.91. The molecular formula is C20H17ClF4N2O3. The molecule has 1 fully saturated rings. The minimum absolute atomic E-state index is 0.00740. The van der Waals surface area contributed by atoms with E-state index in [0.717, 1.165) is 24.3 Å². The van der Waals surface area contributed by atoms with Crippen LogP contribution in [0.3, 0.4) is 0 Å². The van der Waals surface area contributed by atoms with Crippen LogP contribution in [-0.2, 0) is 11.0 Å². The van der Waals surface area contributed by atoms with E-state index in [1.165, 1.54) is 28.0 Å². The maximum absolute atomic E-state index is 13.1. The highest BCUT2D eigenvalue weighted by Crippen LogP contribution is 2.31. The number of halogens is 5. The van der Waals surface area contributed by atoms with Gasteiger partial charge in [0.05, 0.1) is 16.1 Å². The lowest BCUT2D eigenvalue weighted by atomic mass is 10.1. The molecule has 160 valence electrons. The van der Waals surface area contributed by atoms with E-state index >= 15 is 0 Å². The van der Waals surface area contributed by atoms with E-state index in [-0.39, 0.29) is 48.4 Å². The van der Waals surface area contributed by atoms with Gasteiger partial charge in [-0.05, 0) is 36.4 Å². The Labute approximate surface area is 174 Å². The van der Waals surface area contributed by atoms with E-state index in [1.54, 1.807) is 0 Å². The van der Waals surface area contributed by atoms with E-state index in [2.05, 4.69) is 0 Å². The summed E-state index contributed by atoms with van der Waals surface area (Å²) in [6.45, 7) is 0.521. The Morgan fingerprint density at radius 1 is 1.00 bits per heavy atom. The molecule has 0 N–H and O–H groups in total. The molecule has 1 aliphatic rings. The SMILES string of the molecule is O=C(COc1cccc(C(F)(F)F)c1)N1CCN(C(=O)c2ccc(F)cc2Cl)CC1. The summed E-state index contributed by atoms with van der Waals surface area (Å²) < 4.78 is 56.6. The number of nitrogens with zero attached hydrogens (tertiary/aromatic N) is 2. The van der Waals surface area contributed by atoms with Crippen LogP contribution in [0.5, 0.6) is 5.75 Å². The molecule has 0 unspecified atom stereocenters. The fourth-order valence-electron chi connectivity index (χ4n) is 2.99. The zero-order valence-corrected chi connectivity index (χ0v) is 16.3. The van der Waals surface area contributed by atoms with E-state index in [1.807, 2.05) is 0 Å². The van der Waals surface area contributed by atoms with Crippen LogP contribution >= 0.6 is 11.6 Å². The summed E-state index contributed by atoms with van der Waals surface area (Å²) in [5.74, 6) is -1.38. The van der Waals surface area contributed by atoms with E-state index in [4.69, 9.17) is 16.3 Å². The number of amides is 2. The predicted molar refractivity (Wildman–Crippen MR) is 101 cm³/mol. The summed E-state index contributed by atoms with van der Waals surface area (Å²) in [4.78, 5) is 27.8. The fourth-order valence-corrected chi connectivity index (χ4v) is 3.24. The molecule has 0 spiro atoms. The first kappa shape index (κ1) is 21.9. The van der Waals surface area contributed by atoms with E-state index < -0.39 is 30.1 Å². The normalized spacial score (nSPS) is 14.6. The van der Waals surface area contributed by atoms with Gasteiger partial charge >= 0.3 is 6.18 Å². The van der Waals surface area contributed by atoms with Crippen LogP contribution < -0.4 is 4.74 Å². The molecule has 0 atom stereocenters. The lowest BCUT2D eigenvalue weighted by Gasteiger charge is -2.34. The number of rotatable bonds is 4. The quantitative estimate of drug-likeness (QED) is 0.673. The van der Waals surface area contributed by atoms with Gasteiger partial charge in [0.25, 0.3) is 11.8 Å². The third kappa shape index (κ3) is 5.21. The molecular weight excluding hydrogens is 428 g/mol. The Bertz CT molecular complexity index is 944. The number of carbonyl (C=O) groups excluding carboxylic acids is 2. The van der Waals surface area contributed by atoms with Gasteiger partial charge in [0.1, 0.15) is 11.6 Å². The molecule has 1 heterocycles. The lowest BCUT2D eigenvalue weighted by Crippen LogP contribution is -2.51. The number of benzene rings is 2. The predicted octanol–water partition coefficient (Wildman–Crippen LogP) is 3.86. The van der Waals surface area contributed by atoms with Crippen LogP contribution in [0.2, 0.25) is 5.02 Å². The summed E-state index contributed by atoms with van der Waals surface area (Å²) in [5.41, 5.74) is -0.690. The molecule has 5 nitrogen and oxygen atoms in total.